The molecule has 2 aromatic carbocycles. The van der Waals surface area contributed by atoms with Crippen LogP contribution in [0.15, 0.2) is 48.5 Å². The van der Waals surface area contributed by atoms with E-state index in [1.54, 1.807) is 37.4 Å². The van der Waals surface area contributed by atoms with Crippen molar-refractivity contribution >= 4 is 34.6 Å². The maximum atomic E-state index is 12.8. The molecule has 2 aromatic rings. The van der Waals surface area contributed by atoms with Crippen LogP contribution in [0.5, 0.6) is 0 Å². The van der Waals surface area contributed by atoms with Crippen LogP contribution in [0, 0.1) is 0 Å². The van der Waals surface area contributed by atoms with Gasteiger partial charge in [0, 0.05) is 12.6 Å². The number of hydrogen-bond donors (Lipinski definition) is 3. The maximum absolute atomic E-state index is 12.8. The first-order valence-corrected chi connectivity index (χ1v) is 7.28. The van der Waals surface area contributed by atoms with Crippen molar-refractivity contribution in [2.75, 3.05) is 17.7 Å². The van der Waals surface area contributed by atoms with Crippen LogP contribution in [0.3, 0.4) is 0 Å². The summed E-state index contributed by atoms with van der Waals surface area (Å²) in [4.78, 5) is 12.0. The first-order valence-electron chi connectivity index (χ1n) is 6.87. The highest BCUT2D eigenvalue weighted by atomic mass is 32.1. The summed E-state index contributed by atoms with van der Waals surface area (Å²) >= 11 is 5.00. The van der Waals surface area contributed by atoms with E-state index < -0.39 is 17.6 Å². The van der Waals surface area contributed by atoms with E-state index in [1.165, 1.54) is 6.07 Å². The fourth-order valence-corrected chi connectivity index (χ4v) is 2.16. The summed E-state index contributed by atoms with van der Waals surface area (Å²) < 4.78 is 38.5. The Morgan fingerprint density at radius 3 is 2.29 bits per heavy atom. The van der Waals surface area contributed by atoms with E-state index in [-0.39, 0.29) is 10.8 Å². The molecule has 0 fully saturated rings. The van der Waals surface area contributed by atoms with Crippen LogP contribution in [-0.4, -0.2) is 18.1 Å². The molecule has 0 saturated carbocycles. The van der Waals surface area contributed by atoms with Gasteiger partial charge in [-0.3, -0.25) is 10.1 Å². The lowest BCUT2D eigenvalue weighted by molar-refractivity contribution is -0.137. The van der Waals surface area contributed by atoms with Crippen LogP contribution in [0.4, 0.5) is 24.5 Å². The normalized spacial score (nSPS) is 10.8. The number of rotatable bonds is 3. The van der Waals surface area contributed by atoms with Crippen LogP contribution in [0.1, 0.15) is 15.9 Å². The smallest absolute Gasteiger partial charge is 0.386 e. The van der Waals surface area contributed by atoms with Crippen LogP contribution in [-0.2, 0) is 6.18 Å². The summed E-state index contributed by atoms with van der Waals surface area (Å²) in [7, 11) is 1.57. The zero-order valence-corrected chi connectivity index (χ0v) is 13.4. The molecule has 3 N–H and O–H groups in total. The lowest BCUT2D eigenvalue weighted by Gasteiger charge is -2.16. The molecule has 8 heteroatoms. The summed E-state index contributed by atoms with van der Waals surface area (Å²) in [6.45, 7) is 0. The second kappa shape index (κ2) is 7.31. The quantitative estimate of drug-likeness (QED) is 0.733. The minimum Gasteiger partial charge on any atom is -0.386 e. The molecule has 0 saturated heterocycles. The number of alkyl halides is 3. The van der Waals surface area contributed by atoms with E-state index >= 15 is 0 Å². The monoisotopic (exact) mass is 353 g/mol. The van der Waals surface area contributed by atoms with Crippen molar-refractivity contribution in [3.8, 4) is 0 Å². The molecular weight excluding hydrogens is 339 g/mol. The largest absolute Gasteiger partial charge is 0.416 e. The van der Waals surface area contributed by atoms with Crippen LogP contribution in [0.25, 0.3) is 0 Å². The van der Waals surface area contributed by atoms with Gasteiger partial charge in [-0.05, 0) is 42.5 Å². The number of benzene rings is 2. The van der Waals surface area contributed by atoms with E-state index in [9.17, 15) is 18.0 Å². The number of hydrogen-bond acceptors (Lipinski definition) is 3. The van der Waals surface area contributed by atoms with Gasteiger partial charge >= 0.3 is 6.18 Å². The first kappa shape index (κ1) is 17.7. The second-order valence-electron chi connectivity index (χ2n) is 4.78. The van der Waals surface area contributed by atoms with E-state index in [0.717, 1.165) is 12.1 Å². The number of thiocarbonyl (C=S) groups is 1. The molecular formula is C16H14F3N3OS. The molecule has 0 aliphatic rings. The Morgan fingerprint density at radius 2 is 1.71 bits per heavy atom. The van der Waals surface area contributed by atoms with Crippen molar-refractivity contribution in [1.82, 2.24) is 5.32 Å². The Kier molecular flexibility index (Phi) is 5.40. The van der Waals surface area contributed by atoms with Crippen LogP contribution < -0.4 is 16.0 Å². The lowest BCUT2D eigenvalue weighted by atomic mass is 10.1. The molecule has 0 aliphatic heterocycles. The summed E-state index contributed by atoms with van der Waals surface area (Å²) in [6.07, 6.45) is -4.47. The molecule has 0 radical (unpaired) electrons. The summed E-state index contributed by atoms with van der Waals surface area (Å²) in [6, 6.07) is 11.5. The molecule has 0 spiro atoms. The van der Waals surface area contributed by atoms with Gasteiger partial charge in [0.05, 0.1) is 16.9 Å². The van der Waals surface area contributed by atoms with Crippen LogP contribution in [0.2, 0.25) is 0 Å². The Balaban J connectivity index is 2.14. The van der Waals surface area contributed by atoms with Crippen molar-refractivity contribution in [2.24, 2.45) is 0 Å². The lowest BCUT2D eigenvalue weighted by Crippen LogP contribution is -2.34. The van der Waals surface area contributed by atoms with E-state index in [1.807, 2.05) is 0 Å². The maximum Gasteiger partial charge on any atom is 0.416 e. The van der Waals surface area contributed by atoms with Gasteiger partial charge in [-0.2, -0.15) is 13.2 Å². The van der Waals surface area contributed by atoms with Gasteiger partial charge in [0.1, 0.15) is 0 Å². The summed E-state index contributed by atoms with van der Waals surface area (Å²) in [5.41, 5.74) is 0.103. The van der Waals surface area contributed by atoms with Gasteiger partial charge in [0.2, 0.25) is 0 Å². The third kappa shape index (κ3) is 4.45. The van der Waals surface area contributed by atoms with Gasteiger partial charge in [-0.15, -0.1) is 0 Å². The van der Waals surface area contributed by atoms with Crippen molar-refractivity contribution in [3.05, 3.63) is 59.7 Å². The molecule has 4 nitrogen and oxygen atoms in total. The predicted octanol–water partition coefficient (Wildman–Crippen LogP) is 3.87. The zero-order valence-electron chi connectivity index (χ0n) is 12.6. The molecule has 2 rings (SSSR count). The van der Waals surface area contributed by atoms with Gasteiger partial charge in [-0.1, -0.05) is 18.2 Å². The fourth-order valence-electron chi connectivity index (χ4n) is 1.96. The third-order valence-corrected chi connectivity index (χ3v) is 3.33. The van der Waals surface area contributed by atoms with E-state index in [2.05, 4.69) is 16.0 Å². The molecule has 0 heterocycles. The van der Waals surface area contributed by atoms with Gasteiger partial charge in [-0.25, -0.2) is 0 Å². The second-order valence-corrected chi connectivity index (χ2v) is 5.19. The number of carbonyl (C=O) groups is 1. The van der Waals surface area contributed by atoms with Crippen molar-refractivity contribution < 1.29 is 18.0 Å². The molecule has 24 heavy (non-hydrogen) atoms. The Hall–Kier alpha value is -2.61. The molecule has 1 amide bonds. The highest BCUT2D eigenvalue weighted by Gasteiger charge is 2.31. The van der Waals surface area contributed by atoms with E-state index in [4.69, 9.17) is 12.2 Å². The van der Waals surface area contributed by atoms with Crippen molar-refractivity contribution in [1.29, 1.82) is 0 Å². The Labute approximate surface area is 142 Å². The van der Waals surface area contributed by atoms with Gasteiger partial charge < -0.3 is 10.6 Å². The number of amides is 1. The standard InChI is InChI=1S/C16H14F3N3OS/c1-20-12-8-7-11(16(17,18)19)9-13(12)21-15(24)22-14(23)10-5-3-2-4-6-10/h2-9,20H,1H3,(H2,21,22,23,24). The first-order chi connectivity index (χ1) is 11.3. The van der Waals surface area contributed by atoms with E-state index in [0.29, 0.717) is 11.3 Å². The Morgan fingerprint density at radius 1 is 1.04 bits per heavy atom. The Bertz CT molecular complexity index is 748. The fraction of sp³-hybridized carbons (Fsp3) is 0.125. The molecule has 0 aliphatic carbocycles. The summed E-state index contributed by atoms with van der Waals surface area (Å²) in [5, 5.41) is 7.70. The van der Waals surface area contributed by atoms with Crippen molar-refractivity contribution in [3.63, 3.8) is 0 Å². The minimum absolute atomic E-state index is 0.0975. The SMILES string of the molecule is CNc1ccc(C(F)(F)F)cc1NC(=S)NC(=O)c1ccccc1. The average molecular weight is 353 g/mol. The number of nitrogens with one attached hydrogen (secondary N) is 3. The predicted molar refractivity (Wildman–Crippen MR) is 91.1 cm³/mol. The molecule has 0 aromatic heterocycles. The zero-order chi connectivity index (χ0) is 17.7. The number of carbonyl (C=O) groups excluding carboxylic acids is 1. The molecule has 0 bridgehead atoms. The average Bonchev–Trinajstić information content (AvgIpc) is 2.54. The van der Waals surface area contributed by atoms with Crippen LogP contribution >= 0.6 is 12.2 Å². The highest BCUT2D eigenvalue weighted by molar-refractivity contribution is 7.80. The molecule has 126 valence electrons. The van der Waals surface area contributed by atoms with Gasteiger partial charge in [0.25, 0.3) is 5.91 Å². The third-order valence-electron chi connectivity index (χ3n) is 3.13. The molecule has 0 atom stereocenters. The minimum atomic E-state index is -4.47. The topological polar surface area (TPSA) is 53.2 Å². The highest BCUT2D eigenvalue weighted by Crippen LogP contribution is 2.33. The summed E-state index contributed by atoms with van der Waals surface area (Å²) in [5.74, 6) is -0.453. The number of anilines is 2. The number of halogens is 3. The van der Waals surface area contributed by atoms with Gasteiger partial charge in [0.15, 0.2) is 5.11 Å². The molecule has 0 unspecified atom stereocenters. The van der Waals surface area contributed by atoms with Crippen molar-refractivity contribution in [2.45, 2.75) is 6.18 Å².